The summed E-state index contributed by atoms with van der Waals surface area (Å²) in [5, 5.41) is 6.41. The number of nitrogens with zero attached hydrogens (tertiary/aromatic N) is 1. The standard InChI is InChI=1S/C17H29N3O3S.HI/c1-17(2,10-13-24(4,21)22)14-20-16(18-3)19-11-12-23-15-8-6-5-7-9-15;/h5-9H,10-14H2,1-4H3,(H2,18,19,20);1H. The Morgan fingerprint density at radius 2 is 1.84 bits per heavy atom. The van der Waals surface area contributed by atoms with Gasteiger partial charge < -0.3 is 15.4 Å². The second kappa shape index (κ2) is 11.6. The Morgan fingerprint density at radius 1 is 1.20 bits per heavy atom. The predicted octanol–water partition coefficient (Wildman–Crippen LogP) is 2.31. The molecule has 0 aliphatic heterocycles. The molecule has 2 N–H and O–H groups in total. The molecule has 144 valence electrons. The number of hydrogen-bond acceptors (Lipinski definition) is 4. The van der Waals surface area contributed by atoms with Crippen molar-refractivity contribution in [2.75, 3.05) is 38.8 Å². The van der Waals surface area contributed by atoms with Crippen molar-refractivity contribution in [3.63, 3.8) is 0 Å². The zero-order valence-electron chi connectivity index (χ0n) is 15.4. The van der Waals surface area contributed by atoms with Gasteiger partial charge in [0.05, 0.1) is 12.3 Å². The number of para-hydroxylation sites is 1. The van der Waals surface area contributed by atoms with Gasteiger partial charge in [0.1, 0.15) is 22.2 Å². The summed E-state index contributed by atoms with van der Waals surface area (Å²) in [7, 11) is -1.23. The average Bonchev–Trinajstić information content (AvgIpc) is 2.53. The van der Waals surface area contributed by atoms with Gasteiger partial charge in [-0.15, -0.1) is 24.0 Å². The number of guanidine groups is 1. The maximum Gasteiger partial charge on any atom is 0.191 e. The number of sulfone groups is 1. The number of ether oxygens (including phenoxy) is 1. The monoisotopic (exact) mass is 483 g/mol. The average molecular weight is 483 g/mol. The molecule has 0 amide bonds. The van der Waals surface area contributed by atoms with Crippen LogP contribution in [0.5, 0.6) is 5.75 Å². The Balaban J connectivity index is 0.00000576. The largest absolute Gasteiger partial charge is 0.492 e. The second-order valence-electron chi connectivity index (χ2n) is 6.56. The van der Waals surface area contributed by atoms with E-state index in [4.69, 9.17) is 4.74 Å². The zero-order chi connectivity index (χ0) is 18.1. The first kappa shape index (κ1) is 24.0. The van der Waals surface area contributed by atoms with Crippen LogP contribution in [-0.2, 0) is 9.84 Å². The van der Waals surface area contributed by atoms with Crippen LogP contribution in [0.1, 0.15) is 20.3 Å². The van der Waals surface area contributed by atoms with Crippen LogP contribution in [0.25, 0.3) is 0 Å². The first-order chi connectivity index (χ1) is 11.2. The van der Waals surface area contributed by atoms with Gasteiger partial charge in [-0.1, -0.05) is 32.0 Å². The molecule has 0 saturated carbocycles. The van der Waals surface area contributed by atoms with Gasteiger partial charge in [0.15, 0.2) is 5.96 Å². The minimum atomic E-state index is -2.94. The quantitative estimate of drug-likeness (QED) is 0.244. The van der Waals surface area contributed by atoms with Crippen LogP contribution < -0.4 is 15.4 Å². The van der Waals surface area contributed by atoms with Gasteiger partial charge in [-0.2, -0.15) is 0 Å². The molecule has 0 aliphatic carbocycles. The first-order valence-electron chi connectivity index (χ1n) is 8.02. The van der Waals surface area contributed by atoms with E-state index in [0.717, 1.165) is 5.75 Å². The van der Waals surface area contributed by atoms with Crippen molar-refractivity contribution in [2.24, 2.45) is 10.4 Å². The zero-order valence-corrected chi connectivity index (χ0v) is 18.6. The summed E-state index contributed by atoms with van der Waals surface area (Å²) in [5.41, 5.74) is -0.138. The van der Waals surface area contributed by atoms with E-state index < -0.39 is 9.84 Å². The molecule has 0 spiro atoms. The van der Waals surface area contributed by atoms with E-state index in [-0.39, 0.29) is 35.1 Å². The fourth-order valence-corrected chi connectivity index (χ4v) is 2.87. The van der Waals surface area contributed by atoms with Gasteiger partial charge in [-0.25, -0.2) is 8.42 Å². The van der Waals surface area contributed by atoms with Gasteiger partial charge in [0.25, 0.3) is 0 Å². The van der Waals surface area contributed by atoms with Gasteiger partial charge in [-0.05, 0) is 24.0 Å². The summed E-state index contributed by atoms with van der Waals surface area (Å²) in [6.07, 6.45) is 1.87. The Kier molecular flexibility index (Phi) is 11.1. The van der Waals surface area contributed by atoms with Crippen molar-refractivity contribution in [2.45, 2.75) is 20.3 Å². The van der Waals surface area contributed by atoms with E-state index in [9.17, 15) is 8.42 Å². The maximum atomic E-state index is 11.3. The summed E-state index contributed by atoms with van der Waals surface area (Å²) in [5.74, 6) is 1.71. The van der Waals surface area contributed by atoms with Crippen LogP contribution in [0.15, 0.2) is 35.3 Å². The summed E-state index contributed by atoms with van der Waals surface area (Å²) >= 11 is 0. The molecule has 1 rings (SSSR count). The predicted molar refractivity (Wildman–Crippen MR) is 115 cm³/mol. The summed E-state index contributed by atoms with van der Waals surface area (Å²) < 4.78 is 28.2. The van der Waals surface area contributed by atoms with E-state index >= 15 is 0 Å². The minimum Gasteiger partial charge on any atom is -0.492 e. The van der Waals surface area contributed by atoms with Gasteiger partial charge in [0.2, 0.25) is 0 Å². The van der Waals surface area contributed by atoms with Crippen molar-refractivity contribution < 1.29 is 13.2 Å². The van der Waals surface area contributed by atoms with E-state index in [1.54, 1.807) is 7.05 Å². The van der Waals surface area contributed by atoms with Crippen molar-refractivity contribution in [3.8, 4) is 5.75 Å². The lowest BCUT2D eigenvalue weighted by Gasteiger charge is -2.25. The van der Waals surface area contributed by atoms with Crippen LogP contribution >= 0.6 is 24.0 Å². The smallest absolute Gasteiger partial charge is 0.191 e. The molecule has 0 radical (unpaired) electrons. The van der Waals surface area contributed by atoms with Crippen LogP contribution in [-0.4, -0.2) is 53.1 Å². The molecule has 8 heteroatoms. The fourth-order valence-electron chi connectivity index (χ4n) is 1.95. The van der Waals surface area contributed by atoms with Crippen LogP contribution in [0.4, 0.5) is 0 Å². The molecule has 0 heterocycles. The summed E-state index contributed by atoms with van der Waals surface area (Å²) in [6.45, 7) is 5.87. The molecular formula is C17H30IN3O3S. The molecule has 0 aromatic heterocycles. The van der Waals surface area contributed by atoms with Crippen molar-refractivity contribution in [3.05, 3.63) is 30.3 Å². The van der Waals surface area contributed by atoms with Crippen molar-refractivity contribution >= 4 is 39.8 Å². The van der Waals surface area contributed by atoms with Crippen molar-refractivity contribution in [1.29, 1.82) is 0 Å². The van der Waals surface area contributed by atoms with Gasteiger partial charge in [-0.3, -0.25) is 4.99 Å². The molecular weight excluding hydrogens is 453 g/mol. The number of hydrogen-bond donors (Lipinski definition) is 2. The summed E-state index contributed by atoms with van der Waals surface area (Å²) in [4.78, 5) is 4.17. The van der Waals surface area contributed by atoms with Crippen molar-refractivity contribution in [1.82, 2.24) is 10.6 Å². The molecule has 0 fully saturated rings. The molecule has 6 nitrogen and oxygen atoms in total. The number of nitrogens with one attached hydrogen (secondary N) is 2. The van der Waals surface area contributed by atoms with Crippen LogP contribution in [0.3, 0.4) is 0 Å². The Bertz CT molecular complexity index is 619. The molecule has 0 unspecified atom stereocenters. The second-order valence-corrected chi connectivity index (χ2v) is 8.82. The highest BCUT2D eigenvalue weighted by Crippen LogP contribution is 2.19. The molecule has 0 bridgehead atoms. The molecule has 1 aromatic carbocycles. The third kappa shape index (κ3) is 12.0. The van der Waals surface area contributed by atoms with Gasteiger partial charge >= 0.3 is 0 Å². The molecule has 1 aromatic rings. The number of aliphatic imine (C=N–C) groups is 1. The topological polar surface area (TPSA) is 79.8 Å². The Hall–Kier alpha value is -1.03. The maximum absolute atomic E-state index is 11.3. The number of benzene rings is 1. The normalized spacial score (nSPS) is 12.2. The van der Waals surface area contributed by atoms with E-state index in [0.29, 0.717) is 32.1 Å². The third-order valence-electron chi connectivity index (χ3n) is 3.51. The lowest BCUT2D eigenvalue weighted by Crippen LogP contribution is -2.43. The highest BCUT2D eigenvalue weighted by molar-refractivity contribution is 14.0. The summed E-state index contributed by atoms with van der Waals surface area (Å²) in [6, 6.07) is 9.64. The number of halogens is 1. The molecule has 0 atom stereocenters. The molecule has 0 aliphatic rings. The fraction of sp³-hybridized carbons (Fsp3) is 0.588. The Labute approximate surface area is 168 Å². The van der Waals surface area contributed by atoms with E-state index in [1.807, 2.05) is 44.2 Å². The van der Waals surface area contributed by atoms with Crippen LogP contribution in [0.2, 0.25) is 0 Å². The molecule has 0 saturated heterocycles. The lowest BCUT2D eigenvalue weighted by atomic mass is 9.90. The van der Waals surface area contributed by atoms with E-state index in [1.165, 1.54) is 6.26 Å². The number of rotatable bonds is 9. The molecule has 25 heavy (non-hydrogen) atoms. The SMILES string of the molecule is CN=C(NCCOc1ccccc1)NCC(C)(C)CCS(C)(=O)=O.I. The first-order valence-corrected chi connectivity index (χ1v) is 10.1. The highest BCUT2D eigenvalue weighted by Gasteiger charge is 2.20. The van der Waals surface area contributed by atoms with Crippen LogP contribution in [0, 0.1) is 5.41 Å². The Morgan fingerprint density at radius 3 is 2.40 bits per heavy atom. The lowest BCUT2D eigenvalue weighted by molar-refractivity contribution is 0.320. The third-order valence-corrected chi connectivity index (χ3v) is 4.46. The van der Waals surface area contributed by atoms with E-state index in [2.05, 4.69) is 15.6 Å². The van der Waals surface area contributed by atoms with Gasteiger partial charge in [0, 0.05) is 19.8 Å². The highest BCUT2D eigenvalue weighted by atomic mass is 127. The minimum absolute atomic E-state index is 0.